The fourth-order valence-corrected chi connectivity index (χ4v) is 1.69. The Hall–Kier alpha value is -0.590. The van der Waals surface area contributed by atoms with Crippen molar-refractivity contribution in [3.8, 4) is 0 Å². The summed E-state index contributed by atoms with van der Waals surface area (Å²) >= 11 is 0. The van der Waals surface area contributed by atoms with Crippen LogP contribution in [0, 0.1) is 5.92 Å². The van der Waals surface area contributed by atoms with E-state index in [0.29, 0.717) is 5.92 Å². The first-order valence-corrected chi connectivity index (χ1v) is 5.89. The van der Waals surface area contributed by atoms with Crippen LogP contribution in [-0.2, 0) is 4.79 Å². The van der Waals surface area contributed by atoms with Crippen LogP contribution in [-0.4, -0.2) is 6.29 Å². The molecule has 14 heavy (non-hydrogen) atoms. The maximum atomic E-state index is 10.4. The van der Waals surface area contributed by atoms with Gasteiger partial charge in [0.15, 0.2) is 0 Å². The van der Waals surface area contributed by atoms with Crippen LogP contribution in [0.4, 0.5) is 0 Å². The molecule has 0 aromatic heterocycles. The molecule has 0 saturated carbocycles. The van der Waals surface area contributed by atoms with Crippen LogP contribution in [0.1, 0.15) is 59.3 Å². The van der Waals surface area contributed by atoms with Gasteiger partial charge in [-0.25, -0.2) is 0 Å². The molecule has 0 aromatic carbocycles. The molecule has 1 nitrogen and oxygen atoms in total. The molecule has 82 valence electrons. The molecule has 0 radical (unpaired) electrons. The summed E-state index contributed by atoms with van der Waals surface area (Å²) < 4.78 is 0. The van der Waals surface area contributed by atoms with Gasteiger partial charge in [-0.15, -0.1) is 0 Å². The lowest BCUT2D eigenvalue weighted by atomic mass is 9.96. The van der Waals surface area contributed by atoms with E-state index in [1.807, 2.05) is 0 Å². The quantitative estimate of drug-likeness (QED) is 0.421. The normalized spacial score (nSPS) is 12.2. The van der Waals surface area contributed by atoms with Gasteiger partial charge >= 0.3 is 0 Å². The molecule has 0 fully saturated rings. The van der Waals surface area contributed by atoms with Crippen LogP contribution >= 0.6 is 0 Å². The lowest BCUT2D eigenvalue weighted by Crippen LogP contribution is -1.98. The predicted octanol–water partition coefficient (Wildman–Crippen LogP) is 4.13. The predicted molar refractivity (Wildman–Crippen MR) is 62.4 cm³/mol. The van der Waals surface area contributed by atoms with Crippen LogP contribution in [0.15, 0.2) is 11.6 Å². The molecule has 0 aliphatic rings. The number of aldehydes is 1. The second kappa shape index (κ2) is 8.98. The van der Waals surface area contributed by atoms with Crippen molar-refractivity contribution in [1.82, 2.24) is 0 Å². The van der Waals surface area contributed by atoms with Crippen molar-refractivity contribution in [2.75, 3.05) is 0 Å². The van der Waals surface area contributed by atoms with Gasteiger partial charge in [-0.1, -0.05) is 38.8 Å². The van der Waals surface area contributed by atoms with E-state index in [0.717, 1.165) is 25.5 Å². The number of allylic oxidation sites excluding steroid dienone is 2. The molecule has 0 amide bonds. The van der Waals surface area contributed by atoms with Crippen molar-refractivity contribution in [3.63, 3.8) is 0 Å². The first-order valence-electron chi connectivity index (χ1n) is 5.89. The lowest BCUT2D eigenvalue weighted by molar-refractivity contribution is -0.108. The van der Waals surface area contributed by atoms with E-state index >= 15 is 0 Å². The first kappa shape index (κ1) is 13.4. The molecule has 0 aromatic rings. The highest BCUT2D eigenvalue weighted by Gasteiger charge is 2.03. The van der Waals surface area contributed by atoms with Gasteiger partial charge in [-0.05, 0) is 31.6 Å². The number of carbonyl (C=O) groups excluding carboxylic acids is 1. The van der Waals surface area contributed by atoms with Gasteiger partial charge in [0.2, 0.25) is 0 Å². The molecule has 0 bridgehead atoms. The molecular weight excluding hydrogens is 172 g/mol. The highest BCUT2D eigenvalue weighted by molar-refractivity contribution is 5.49. The van der Waals surface area contributed by atoms with Crippen molar-refractivity contribution in [2.24, 2.45) is 5.92 Å². The van der Waals surface area contributed by atoms with Gasteiger partial charge in [0.25, 0.3) is 0 Å². The third-order valence-corrected chi connectivity index (χ3v) is 2.92. The topological polar surface area (TPSA) is 17.1 Å². The largest absolute Gasteiger partial charge is 0.303 e. The zero-order valence-corrected chi connectivity index (χ0v) is 9.88. The minimum absolute atomic E-state index is 0.596. The fourth-order valence-electron chi connectivity index (χ4n) is 1.69. The van der Waals surface area contributed by atoms with Crippen LogP contribution < -0.4 is 0 Å². The summed E-state index contributed by atoms with van der Waals surface area (Å²) in [6.45, 7) is 6.58. The monoisotopic (exact) mass is 196 g/mol. The van der Waals surface area contributed by atoms with Crippen molar-refractivity contribution in [1.29, 1.82) is 0 Å². The Morgan fingerprint density at radius 2 is 1.86 bits per heavy atom. The molecular formula is C13H24O. The Morgan fingerprint density at radius 3 is 2.29 bits per heavy atom. The van der Waals surface area contributed by atoms with E-state index in [1.54, 1.807) is 5.57 Å². The average molecular weight is 196 g/mol. The van der Waals surface area contributed by atoms with Gasteiger partial charge in [0.1, 0.15) is 6.29 Å². The van der Waals surface area contributed by atoms with E-state index in [9.17, 15) is 4.79 Å². The van der Waals surface area contributed by atoms with E-state index in [-0.39, 0.29) is 0 Å². The second-order valence-electron chi connectivity index (χ2n) is 3.82. The average Bonchev–Trinajstić information content (AvgIpc) is 2.23. The number of hydrogen-bond donors (Lipinski definition) is 0. The SMILES string of the molecule is CCC(=CCCC(CC)CC=O)CC. The van der Waals surface area contributed by atoms with Gasteiger partial charge in [0.05, 0.1) is 0 Å². The summed E-state index contributed by atoms with van der Waals surface area (Å²) in [6, 6.07) is 0. The Morgan fingerprint density at radius 1 is 1.21 bits per heavy atom. The molecule has 0 aliphatic heterocycles. The maximum absolute atomic E-state index is 10.4. The number of carbonyl (C=O) groups is 1. The standard InChI is InChI=1S/C13H24O/c1-4-12(5-2)8-7-9-13(6-3)10-11-14/h8,11,13H,4-7,9-10H2,1-3H3. The molecule has 0 aliphatic carbocycles. The molecule has 1 atom stereocenters. The summed E-state index contributed by atoms with van der Waals surface area (Å²) in [5.74, 6) is 0.596. The summed E-state index contributed by atoms with van der Waals surface area (Å²) in [5, 5.41) is 0. The van der Waals surface area contributed by atoms with Gasteiger partial charge < -0.3 is 4.79 Å². The molecule has 1 unspecified atom stereocenters. The minimum atomic E-state index is 0.596. The zero-order valence-electron chi connectivity index (χ0n) is 9.88. The van der Waals surface area contributed by atoms with Crippen LogP contribution in [0.25, 0.3) is 0 Å². The van der Waals surface area contributed by atoms with Crippen LogP contribution in [0.2, 0.25) is 0 Å². The molecule has 0 saturated heterocycles. The Labute approximate surface area is 88.6 Å². The van der Waals surface area contributed by atoms with Gasteiger partial charge in [0, 0.05) is 6.42 Å². The zero-order chi connectivity index (χ0) is 10.8. The number of hydrogen-bond acceptors (Lipinski definition) is 1. The fraction of sp³-hybridized carbons (Fsp3) is 0.769. The minimum Gasteiger partial charge on any atom is -0.303 e. The van der Waals surface area contributed by atoms with Crippen molar-refractivity contribution in [3.05, 3.63) is 11.6 Å². The van der Waals surface area contributed by atoms with Gasteiger partial charge in [-0.2, -0.15) is 0 Å². The molecule has 0 heterocycles. The van der Waals surface area contributed by atoms with E-state index in [4.69, 9.17) is 0 Å². The Kier molecular flexibility index (Phi) is 8.61. The summed E-state index contributed by atoms with van der Waals surface area (Å²) in [6.07, 6.45) is 9.91. The highest BCUT2D eigenvalue weighted by Crippen LogP contribution is 2.16. The van der Waals surface area contributed by atoms with Gasteiger partial charge in [-0.3, -0.25) is 0 Å². The van der Waals surface area contributed by atoms with Crippen molar-refractivity contribution < 1.29 is 4.79 Å². The Bertz CT molecular complexity index is 164. The lowest BCUT2D eigenvalue weighted by Gasteiger charge is -2.09. The molecule has 0 spiro atoms. The summed E-state index contributed by atoms with van der Waals surface area (Å²) in [5.41, 5.74) is 1.55. The Balaban J connectivity index is 3.78. The summed E-state index contributed by atoms with van der Waals surface area (Å²) in [7, 11) is 0. The van der Waals surface area contributed by atoms with Crippen LogP contribution in [0.5, 0.6) is 0 Å². The third-order valence-electron chi connectivity index (χ3n) is 2.92. The first-order chi connectivity index (χ1) is 6.78. The highest BCUT2D eigenvalue weighted by atomic mass is 16.1. The van der Waals surface area contributed by atoms with E-state index in [1.165, 1.54) is 19.3 Å². The van der Waals surface area contributed by atoms with E-state index in [2.05, 4.69) is 26.8 Å². The maximum Gasteiger partial charge on any atom is 0.120 e. The third kappa shape index (κ3) is 5.95. The molecule has 1 heteroatoms. The van der Waals surface area contributed by atoms with Crippen molar-refractivity contribution in [2.45, 2.75) is 59.3 Å². The second-order valence-corrected chi connectivity index (χ2v) is 3.82. The smallest absolute Gasteiger partial charge is 0.120 e. The molecule has 0 N–H and O–H groups in total. The summed E-state index contributed by atoms with van der Waals surface area (Å²) in [4.78, 5) is 10.4. The number of rotatable bonds is 8. The van der Waals surface area contributed by atoms with E-state index < -0.39 is 0 Å². The molecule has 0 rings (SSSR count). The van der Waals surface area contributed by atoms with Crippen molar-refractivity contribution >= 4 is 6.29 Å². The van der Waals surface area contributed by atoms with Crippen LogP contribution in [0.3, 0.4) is 0 Å².